The number of aromatic nitrogens is 2. The Morgan fingerprint density at radius 2 is 1.90 bits per heavy atom. The van der Waals surface area contributed by atoms with E-state index in [1.807, 2.05) is 24.3 Å². The Labute approximate surface area is 177 Å². The fourth-order valence-corrected chi connectivity index (χ4v) is 4.66. The van der Waals surface area contributed by atoms with Crippen LogP contribution in [-0.4, -0.2) is 33.4 Å². The third-order valence-corrected chi connectivity index (χ3v) is 6.40. The van der Waals surface area contributed by atoms with Crippen molar-refractivity contribution in [1.29, 1.82) is 0 Å². The number of benzene rings is 1. The number of fused-ring (bicyclic) bond motifs is 3. The highest BCUT2D eigenvalue weighted by molar-refractivity contribution is 5.63. The first-order valence-electron chi connectivity index (χ1n) is 10.3. The minimum atomic E-state index is -4.52. The summed E-state index contributed by atoms with van der Waals surface area (Å²) in [6.45, 7) is 2.34. The van der Waals surface area contributed by atoms with Crippen LogP contribution in [0.3, 0.4) is 0 Å². The van der Waals surface area contributed by atoms with Gasteiger partial charge in [-0.05, 0) is 44.2 Å². The lowest BCUT2D eigenvalue weighted by atomic mass is 9.77. The van der Waals surface area contributed by atoms with Gasteiger partial charge in [-0.25, -0.2) is 4.98 Å². The minimum Gasteiger partial charge on any atom is -0.479 e. The van der Waals surface area contributed by atoms with Gasteiger partial charge in [0.05, 0.1) is 5.69 Å². The second-order valence-electron chi connectivity index (χ2n) is 8.40. The van der Waals surface area contributed by atoms with E-state index in [4.69, 9.17) is 9.47 Å². The Hall–Kier alpha value is -2.58. The summed E-state index contributed by atoms with van der Waals surface area (Å²) in [4.78, 5) is 4.61. The van der Waals surface area contributed by atoms with Gasteiger partial charge in [0, 0.05) is 17.5 Å². The number of hydrogen-bond acceptors (Lipinski definition) is 4. The number of imidazole rings is 1. The lowest BCUT2D eigenvalue weighted by Crippen LogP contribution is -2.53. The molecule has 3 atom stereocenters. The molecule has 8 heteroatoms. The Bertz CT molecular complexity index is 1120. The molecule has 0 spiro atoms. The molecule has 164 valence electrons. The average Bonchev–Trinajstić information content (AvgIpc) is 3.54. The van der Waals surface area contributed by atoms with Crippen molar-refractivity contribution in [2.24, 2.45) is 5.92 Å². The molecule has 0 bridgehead atoms. The third kappa shape index (κ3) is 3.20. The monoisotopic (exact) mass is 432 g/mol. The van der Waals surface area contributed by atoms with E-state index in [0.717, 1.165) is 11.4 Å². The van der Waals surface area contributed by atoms with Gasteiger partial charge in [-0.3, -0.25) is 0 Å². The SMILES string of the molecule is Cc1nc2c3c(ccn2c1C)[C@@](OCC(F)(F)F)(C1CC1)[C@H](O)[C@@H](c1ccccc1)O3. The van der Waals surface area contributed by atoms with Crippen molar-refractivity contribution >= 4 is 5.65 Å². The summed E-state index contributed by atoms with van der Waals surface area (Å²) in [7, 11) is 0. The summed E-state index contributed by atoms with van der Waals surface area (Å²) in [5.41, 5.74) is 1.80. The highest BCUT2D eigenvalue weighted by Gasteiger charge is 2.60. The first kappa shape index (κ1) is 20.3. The Morgan fingerprint density at radius 1 is 1.19 bits per heavy atom. The summed E-state index contributed by atoms with van der Waals surface area (Å²) in [5, 5.41) is 11.5. The highest BCUT2D eigenvalue weighted by atomic mass is 19.4. The maximum Gasteiger partial charge on any atom is 0.411 e. The number of aryl methyl sites for hydroxylation is 2. The van der Waals surface area contributed by atoms with Crippen LogP contribution in [0.4, 0.5) is 13.2 Å². The zero-order valence-electron chi connectivity index (χ0n) is 17.2. The lowest BCUT2D eigenvalue weighted by Gasteiger charge is -2.46. The number of alkyl halides is 3. The summed E-state index contributed by atoms with van der Waals surface area (Å²) >= 11 is 0. The molecule has 1 N–H and O–H groups in total. The van der Waals surface area contributed by atoms with Crippen molar-refractivity contribution < 1.29 is 27.8 Å². The number of hydrogen-bond donors (Lipinski definition) is 1. The van der Waals surface area contributed by atoms with Gasteiger partial charge in [-0.15, -0.1) is 0 Å². The van der Waals surface area contributed by atoms with E-state index in [1.54, 1.807) is 36.5 Å². The van der Waals surface area contributed by atoms with Crippen LogP contribution in [0.2, 0.25) is 0 Å². The summed E-state index contributed by atoms with van der Waals surface area (Å²) < 4.78 is 53.5. The molecular weight excluding hydrogens is 409 g/mol. The minimum absolute atomic E-state index is 0.238. The predicted molar refractivity (Wildman–Crippen MR) is 107 cm³/mol. The number of nitrogens with zero attached hydrogens (tertiary/aromatic N) is 2. The van der Waals surface area contributed by atoms with Crippen LogP contribution in [0.1, 0.15) is 41.5 Å². The molecule has 1 aromatic carbocycles. The zero-order valence-corrected chi connectivity index (χ0v) is 17.2. The molecule has 3 aromatic rings. The summed E-state index contributed by atoms with van der Waals surface area (Å²) in [6, 6.07) is 10.7. The molecule has 1 fully saturated rings. The molecule has 1 aliphatic carbocycles. The number of aliphatic hydroxyl groups is 1. The van der Waals surface area contributed by atoms with Crippen molar-refractivity contribution in [3.8, 4) is 5.75 Å². The average molecular weight is 432 g/mol. The standard InChI is InChI=1S/C23H23F3N2O3/c1-13-14(2)28-11-10-17-19(21(28)27-13)31-18(15-6-4-3-5-7-15)20(29)23(17,16-8-9-16)30-12-22(24,25)26/h3-7,10-11,16,18,20,29H,8-9,12H2,1-2H3/t18-,20-,23+/m1/s1. The molecule has 1 aliphatic heterocycles. The second-order valence-corrected chi connectivity index (χ2v) is 8.40. The molecule has 31 heavy (non-hydrogen) atoms. The van der Waals surface area contributed by atoms with Crippen LogP contribution < -0.4 is 4.74 Å². The molecule has 1 saturated carbocycles. The van der Waals surface area contributed by atoms with E-state index in [2.05, 4.69) is 4.98 Å². The quantitative estimate of drug-likeness (QED) is 0.653. The Balaban J connectivity index is 1.74. The first-order valence-corrected chi connectivity index (χ1v) is 10.3. The van der Waals surface area contributed by atoms with Crippen LogP contribution in [0, 0.1) is 19.8 Å². The molecule has 0 saturated heterocycles. The number of halogens is 3. The maximum absolute atomic E-state index is 13.2. The number of pyridine rings is 1. The van der Waals surface area contributed by atoms with E-state index in [1.165, 1.54) is 0 Å². The summed E-state index contributed by atoms with van der Waals surface area (Å²) in [5.74, 6) is 0.130. The highest BCUT2D eigenvalue weighted by Crippen LogP contribution is 2.58. The van der Waals surface area contributed by atoms with Crippen molar-refractivity contribution in [2.75, 3.05) is 6.61 Å². The fourth-order valence-electron chi connectivity index (χ4n) is 4.66. The van der Waals surface area contributed by atoms with Crippen LogP contribution in [0.5, 0.6) is 5.75 Å². The second kappa shape index (κ2) is 6.97. The molecule has 2 aromatic heterocycles. The molecule has 0 amide bonds. The van der Waals surface area contributed by atoms with Crippen molar-refractivity contribution in [3.05, 3.63) is 65.1 Å². The summed E-state index contributed by atoms with van der Waals surface area (Å²) in [6.07, 6.45) is -3.60. The molecule has 5 rings (SSSR count). The van der Waals surface area contributed by atoms with Crippen LogP contribution in [0.15, 0.2) is 42.6 Å². The molecule has 0 radical (unpaired) electrons. The van der Waals surface area contributed by atoms with E-state index in [9.17, 15) is 18.3 Å². The third-order valence-electron chi connectivity index (χ3n) is 6.40. The fraction of sp³-hybridized carbons (Fsp3) is 0.435. The lowest BCUT2D eigenvalue weighted by molar-refractivity contribution is -0.249. The predicted octanol–water partition coefficient (Wildman–Crippen LogP) is 4.63. The van der Waals surface area contributed by atoms with Gasteiger partial charge in [-0.1, -0.05) is 30.3 Å². The number of ether oxygens (including phenoxy) is 2. The van der Waals surface area contributed by atoms with E-state index in [0.29, 0.717) is 35.4 Å². The molecule has 3 heterocycles. The van der Waals surface area contributed by atoms with Gasteiger partial charge < -0.3 is 19.0 Å². The van der Waals surface area contributed by atoms with Crippen molar-refractivity contribution in [3.63, 3.8) is 0 Å². The van der Waals surface area contributed by atoms with Crippen LogP contribution in [-0.2, 0) is 10.3 Å². The van der Waals surface area contributed by atoms with E-state index in [-0.39, 0.29) is 5.92 Å². The number of aliphatic hydroxyl groups excluding tert-OH is 1. The Kier molecular flexibility index (Phi) is 4.57. The van der Waals surface area contributed by atoms with Gasteiger partial charge in [0.2, 0.25) is 0 Å². The zero-order chi connectivity index (χ0) is 22.0. The Morgan fingerprint density at radius 3 is 2.55 bits per heavy atom. The molecular formula is C23H23F3N2O3. The van der Waals surface area contributed by atoms with Gasteiger partial charge in [0.15, 0.2) is 17.5 Å². The van der Waals surface area contributed by atoms with Crippen molar-refractivity contribution in [1.82, 2.24) is 9.38 Å². The van der Waals surface area contributed by atoms with Gasteiger partial charge in [-0.2, -0.15) is 13.2 Å². The van der Waals surface area contributed by atoms with Crippen molar-refractivity contribution in [2.45, 2.75) is 50.7 Å². The largest absolute Gasteiger partial charge is 0.479 e. The van der Waals surface area contributed by atoms with E-state index >= 15 is 0 Å². The van der Waals surface area contributed by atoms with Crippen LogP contribution in [0.25, 0.3) is 5.65 Å². The normalized spacial score (nSPS) is 26.0. The van der Waals surface area contributed by atoms with Gasteiger partial charge in [0.25, 0.3) is 0 Å². The first-order chi connectivity index (χ1) is 14.7. The molecule has 0 unspecified atom stereocenters. The molecule has 2 aliphatic rings. The number of rotatable bonds is 4. The van der Waals surface area contributed by atoms with Crippen LogP contribution >= 0.6 is 0 Å². The van der Waals surface area contributed by atoms with Gasteiger partial charge in [0.1, 0.15) is 18.3 Å². The van der Waals surface area contributed by atoms with E-state index < -0.39 is 30.6 Å². The smallest absolute Gasteiger partial charge is 0.411 e. The maximum atomic E-state index is 13.2. The van der Waals surface area contributed by atoms with Gasteiger partial charge >= 0.3 is 6.18 Å². The molecule has 5 nitrogen and oxygen atoms in total. The topological polar surface area (TPSA) is 56.0 Å².